The smallest absolute Gasteiger partial charge is 0.126 e. The molecule has 79 heavy (non-hydrogen) atoms. The van der Waals surface area contributed by atoms with Gasteiger partial charge >= 0.3 is 0 Å². The van der Waals surface area contributed by atoms with E-state index in [0.717, 1.165) is 101 Å². The first kappa shape index (κ1) is 47.8. The minimum Gasteiger partial charge on any atom is -0.507 e. The Kier molecular flexibility index (Phi) is 11.8. The lowest BCUT2D eigenvalue weighted by molar-refractivity contribution is 0.393. The van der Waals surface area contributed by atoms with Crippen LogP contribution in [0.5, 0.6) is 28.7 Å². The van der Waals surface area contributed by atoms with Gasteiger partial charge in [-0.2, -0.15) is 0 Å². The fourth-order valence-corrected chi connectivity index (χ4v) is 13.4. The Balaban J connectivity index is 1.12. The van der Waals surface area contributed by atoms with Crippen LogP contribution in [0.2, 0.25) is 0 Å². The minimum atomic E-state index is -0.321. The standard InChI is InChI=1S/C74H56O5/c1-78-73-58-40-56-36-50(45-22-10-4-11-23-45)34-54(71(56)76)38-52-32-49(44-20-8-3-9-21-44)33-53(70(52)75)39-55-35-51(46-24-12-5-13-25-46)37-57(72(55)77)41-59-43-63(48-28-16-7-17-29-48)67-64-60-30-18-19-31-61(60)65(69(67)74(59)79-2)68(73)66(64)62(42-58)47-26-14-6-15-27-47/h3-37,42-43,64-65,75-77H,38-41H2,1-2H3. The molecule has 0 amide bonds. The van der Waals surface area contributed by atoms with E-state index < -0.39 is 0 Å². The summed E-state index contributed by atoms with van der Waals surface area (Å²) in [4.78, 5) is 0. The Morgan fingerprint density at radius 2 is 0.532 bits per heavy atom. The van der Waals surface area contributed by atoms with E-state index in [1.165, 1.54) is 22.3 Å². The molecule has 0 radical (unpaired) electrons. The average molecular weight is 1030 g/mol. The van der Waals surface area contributed by atoms with E-state index in [1.54, 1.807) is 14.2 Å². The zero-order chi connectivity index (χ0) is 53.3. The molecule has 11 aromatic rings. The van der Waals surface area contributed by atoms with Crippen LogP contribution in [0.1, 0.15) is 89.7 Å². The Bertz CT molecular complexity index is 3950. The van der Waals surface area contributed by atoms with Crippen LogP contribution in [0.4, 0.5) is 0 Å². The van der Waals surface area contributed by atoms with Gasteiger partial charge < -0.3 is 24.8 Å². The second-order valence-corrected chi connectivity index (χ2v) is 21.3. The Hall–Kier alpha value is -9.58. The molecule has 0 fully saturated rings. The molecule has 382 valence electrons. The number of methoxy groups -OCH3 is 2. The molecule has 5 heteroatoms. The molecule has 11 aromatic carbocycles. The maximum absolute atomic E-state index is 13.0. The molecule has 0 atom stereocenters. The summed E-state index contributed by atoms with van der Waals surface area (Å²) >= 11 is 0. The third-order valence-corrected chi connectivity index (χ3v) is 16.9. The summed E-state index contributed by atoms with van der Waals surface area (Å²) in [5, 5.41) is 38.7. The molecule has 0 saturated heterocycles. The van der Waals surface area contributed by atoms with Gasteiger partial charge in [-0.1, -0.05) is 176 Å². The number of ether oxygens (including phenoxy) is 2. The lowest BCUT2D eigenvalue weighted by atomic mass is 9.57. The predicted octanol–water partition coefficient (Wildman–Crippen LogP) is 16.8. The van der Waals surface area contributed by atoms with Crippen LogP contribution >= 0.6 is 0 Å². The van der Waals surface area contributed by atoms with E-state index >= 15 is 0 Å². The third-order valence-electron chi connectivity index (χ3n) is 16.9. The van der Waals surface area contributed by atoms with Crippen molar-refractivity contribution < 1.29 is 24.8 Å². The van der Waals surface area contributed by atoms with E-state index in [-0.39, 0.29) is 41.9 Å². The molecule has 0 aliphatic heterocycles. The van der Waals surface area contributed by atoms with Crippen LogP contribution < -0.4 is 9.47 Å². The van der Waals surface area contributed by atoms with Gasteiger partial charge in [-0.15, -0.1) is 0 Å². The largest absolute Gasteiger partial charge is 0.507 e. The monoisotopic (exact) mass is 1020 g/mol. The molecule has 0 spiro atoms. The van der Waals surface area contributed by atoms with Crippen molar-refractivity contribution in [1.82, 2.24) is 0 Å². The number of rotatable bonds is 7. The van der Waals surface area contributed by atoms with Gasteiger partial charge in [0.05, 0.1) is 14.2 Å². The SMILES string of the molecule is COc1c2cc(-c3ccccc3)c3c1C1c4ccccc4C3c3c(-c4ccccc4)cc(c(OC)c31)Cc1cc(-c3ccccc3)cc(c1O)Cc1cc(-c3ccccc3)cc(c1O)Cc1cc(-c3ccccc3)cc(c1O)C2. The number of phenols is 3. The highest BCUT2D eigenvalue weighted by Crippen LogP contribution is 2.65. The molecule has 3 N–H and O–H groups in total. The number of benzene rings is 11. The number of hydrogen-bond donors (Lipinski definition) is 3. The summed E-state index contributed by atoms with van der Waals surface area (Å²) in [7, 11) is 3.56. The average Bonchev–Trinajstić information content (AvgIpc) is 3.16. The van der Waals surface area contributed by atoms with Crippen LogP contribution in [0.25, 0.3) is 55.6 Å². The van der Waals surface area contributed by atoms with E-state index in [0.29, 0.717) is 35.1 Å². The molecule has 4 aliphatic rings. The topological polar surface area (TPSA) is 79.2 Å². The van der Waals surface area contributed by atoms with Crippen LogP contribution in [-0.4, -0.2) is 29.5 Å². The zero-order valence-electron chi connectivity index (χ0n) is 44.0. The van der Waals surface area contributed by atoms with E-state index in [1.807, 2.05) is 66.7 Å². The van der Waals surface area contributed by atoms with E-state index in [4.69, 9.17) is 9.47 Å². The molecule has 15 rings (SSSR count). The maximum atomic E-state index is 13.0. The first-order chi connectivity index (χ1) is 38.8. The predicted molar refractivity (Wildman–Crippen MR) is 317 cm³/mol. The van der Waals surface area contributed by atoms with Gasteiger partial charge in [0.1, 0.15) is 28.7 Å². The van der Waals surface area contributed by atoms with Crippen molar-refractivity contribution in [3.05, 3.63) is 302 Å². The van der Waals surface area contributed by atoms with Crippen molar-refractivity contribution in [3.63, 3.8) is 0 Å². The molecule has 0 saturated carbocycles. The van der Waals surface area contributed by atoms with Gasteiger partial charge in [0.25, 0.3) is 0 Å². The van der Waals surface area contributed by atoms with Crippen LogP contribution in [0.3, 0.4) is 0 Å². The Morgan fingerprint density at radius 1 is 0.278 bits per heavy atom. The van der Waals surface area contributed by atoms with Gasteiger partial charge in [0, 0.05) is 48.6 Å². The van der Waals surface area contributed by atoms with Crippen molar-refractivity contribution in [1.29, 1.82) is 0 Å². The second kappa shape index (κ2) is 19.5. The lowest BCUT2D eigenvalue weighted by Crippen LogP contribution is -2.30. The molecule has 0 heterocycles. The van der Waals surface area contributed by atoms with Crippen molar-refractivity contribution in [2.24, 2.45) is 0 Å². The number of aromatic hydroxyl groups is 3. The second-order valence-electron chi connectivity index (χ2n) is 21.3. The number of phenolic OH excluding ortho intramolecular Hbond substituents is 3. The van der Waals surface area contributed by atoms with Crippen molar-refractivity contribution >= 4 is 0 Å². The minimum absolute atomic E-state index is 0.118. The number of fused-ring (bicyclic) bond motifs is 8. The quantitative estimate of drug-likeness (QED) is 0.148. The molecule has 4 aliphatic carbocycles. The third kappa shape index (κ3) is 8.07. The highest BCUT2D eigenvalue weighted by Gasteiger charge is 2.48. The molecule has 5 nitrogen and oxygen atoms in total. The molecule has 0 unspecified atom stereocenters. The van der Waals surface area contributed by atoms with Gasteiger partial charge in [0.15, 0.2) is 0 Å². The van der Waals surface area contributed by atoms with Gasteiger partial charge in [-0.25, -0.2) is 0 Å². The van der Waals surface area contributed by atoms with Crippen LogP contribution in [0, 0.1) is 0 Å². The summed E-state index contributed by atoms with van der Waals surface area (Å²) in [5.41, 5.74) is 23.3. The summed E-state index contributed by atoms with van der Waals surface area (Å²) in [6.45, 7) is 0. The highest BCUT2D eigenvalue weighted by molar-refractivity contribution is 5.88. The Labute approximate surface area is 461 Å². The van der Waals surface area contributed by atoms with Crippen molar-refractivity contribution in [2.45, 2.75) is 37.5 Å². The first-order valence-electron chi connectivity index (χ1n) is 27.2. The molecular weight excluding hydrogens is 969 g/mol. The van der Waals surface area contributed by atoms with Gasteiger partial charge in [-0.3, -0.25) is 0 Å². The van der Waals surface area contributed by atoms with E-state index in [9.17, 15) is 15.3 Å². The maximum Gasteiger partial charge on any atom is 0.126 e. The first-order valence-corrected chi connectivity index (χ1v) is 27.2. The highest BCUT2D eigenvalue weighted by atomic mass is 16.5. The molecule has 0 aromatic heterocycles. The fourth-order valence-electron chi connectivity index (χ4n) is 13.4. The van der Waals surface area contributed by atoms with Crippen LogP contribution in [0.15, 0.2) is 224 Å². The van der Waals surface area contributed by atoms with E-state index in [2.05, 4.69) is 158 Å². The normalized spacial score (nSPS) is 14.7. The van der Waals surface area contributed by atoms with Crippen LogP contribution in [-0.2, 0) is 25.7 Å². The zero-order valence-corrected chi connectivity index (χ0v) is 44.0. The van der Waals surface area contributed by atoms with Gasteiger partial charge in [-0.05, 0) is 171 Å². The van der Waals surface area contributed by atoms with Gasteiger partial charge in [0.2, 0.25) is 0 Å². The van der Waals surface area contributed by atoms with Crippen molar-refractivity contribution in [2.75, 3.05) is 14.2 Å². The van der Waals surface area contributed by atoms with Crippen molar-refractivity contribution in [3.8, 4) is 84.4 Å². The summed E-state index contributed by atoms with van der Waals surface area (Å²) in [6, 6.07) is 78.1. The fraction of sp³-hybridized carbons (Fsp3) is 0.108. The lowest BCUT2D eigenvalue weighted by Gasteiger charge is -2.46. The summed E-state index contributed by atoms with van der Waals surface area (Å²) < 4.78 is 13.7. The Morgan fingerprint density at radius 3 is 0.823 bits per heavy atom. The molecule has 12 bridgehead atoms. The number of hydrogen-bond acceptors (Lipinski definition) is 5. The summed E-state index contributed by atoms with van der Waals surface area (Å²) in [6.07, 6.45) is 1.18. The summed E-state index contributed by atoms with van der Waals surface area (Å²) in [5.74, 6) is 1.45. The molecular formula is C74H56O5.